The number of anilines is 11. The first-order chi connectivity index (χ1) is 72.1. The van der Waals surface area contributed by atoms with Crippen LogP contribution in [0.15, 0.2) is 467 Å². The van der Waals surface area contributed by atoms with Gasteiger partial charge in [-0.3, -0.25) is 0 Å². The molecule has 0 aliphatic carbocycles. The maximum atomic E-state index is 5.92. The van der Waals surface area contributed by atoms with Crippen LogP contribution in [-0.2, 0) is 10.8 Å². The Kier molecular flexibility index (Phi) is 27.3. The van der Waals surface area contributed by atoms with E-state index in [0.29, 0.717) is 42.3 Å². The number of hydrogen-bond acceptors (Lipinski definition) is 6. The number of fused-ring (bicyclic) bond motifs is 22. The van der Waals surface area contributed by atoms with E-state index in [9.17, 15) is 0 Å². The Morgan fingerprint density at radius 2 is 0.507 bits per heavy atom. The topological polar surface area (TPSA) is 40.2 Å². The highest BCUT2D eigenvalue weighted by Gasteiger charge is 2.47. The van der Waals surface area contributed by atoms with Gasteiger partial charge < -0.3 is 42.9 Å². The van der Waals surface area contributed by atoms with Crippen LogP contribution in [0.5, 0.6) is 11.5 Å². The second-order valence-electron chi connectivity index (χ2n) is 41.7. The molecule has 0 saturated heterocycles. The van der Waals surface area contributed by atoms with Crippen LogP contribution in [0.25, 0.3) is 97.7 Å². The molecule has 20 aromatic carbocycles. The van der Waals surface area contributed by atoms with Crippen LogP contribution in [0.1, 0.15) is 162 Å². The molecule has 0 amide bonds. The Labute approximate surface area is 873 Å². The number of ether oxygens (including phenoxy) is 1. The van der Waals surface area contributed by atoms with Gasteiger partial charge in [-0.25, -0.2) is 0 Å². The molecule has 7 heterocycles. The minimum absolute atomic E-state index is 0.0680. The molecule has 0 fully saturated rings. The van der Waals surface area contributed by atoms with Gasteiger partial charge in [-0.2, -0.15) is 0 Å². The molecule has 0 unspecified atom stereocenters. The quantitative estimate of drug-likeness (QED) is 0.136. The Morgan fingerprint density at radius 3 is 0.973 bits per heavy atom. The minimum atomic E-state index is -0.346. The van der Waals surface area contributed by atoms with Crippen LogP contribution in [0, 0.1) is 0 Å². The second-order valence-corrected chi connectivity index (χ2v) is 41.7. The maximum absolute atomic E-state index is 5.92. The third-order valence-electron chi connectivity index (χ3n) is 29.9. The molecule has 4 aliphatic heterocycles. The number of aromatic nitrogens is 3. The lowest BCUT2D eigenvalue weighted by Crippen LogP contribution is -2.41. The van der Waals surface area contributed by atoms with Crippen molar-refractivity contribution in [3.63, 3.8) is 0 Å². The van der Waals surface area contributed by atoms with Gasteiger partial charge >= 0.3 is 0 Å². The fourth-order valence-corrected chi connectivity index (χ4v) is 23.8. The van der Waals surface area contributed by atoms with Crippen molar-refractivity contribution in [2.75, 3.05) is 24.5 Å². The standard InChI is InChI=1S/C28H25N.C21H20N2.3C19H17N.C18H21N.C15H15NO/c1-21(2)29-26-19-11-9-17-24(26)28(22-13-5-3-6-14-22,23-15-7-4-8-16-23)25-18-10-12-20-27(25)29;1-16(2)22-18-12-6-8-14-20(18)23(17-10-4-3-5-11-17)21-15-9-7-13-19(21)22;1-13(2)20-18-10-6-5-9-16(18)17-11-14-7-3-4-8-15(14)12-19(17)20;1-13(2)20-18-10-6-5-9-16(18)17-12-11-14-7-3-4-8-15(14)19(17)20;1-13(2)20-17-10-6-5-9-16(17)19-15-8-4-3-7-14(15)11-12-18(19)20;1-13(2)19-16-11-7-5-9-14(16)18(3,4)15-10-6-8-12-17(15)19;1-11(2)16-12-7-3-5-9-14(12)17-15-10-6-4-8-13(15)16/h3-21H,1-2H3;3-16H,1-2H3;3*3-13H,1-2H3;5-13H,1-4H3;3-11H,1-2H3. The average molecular weight is 1930 g/mol. The van der Waals surface area contributed by atoms with Gasteiger partial charge in [0, 0.05) is 141 Å². The van der Waals surface area contributed by atoms with Gasteiger partial charge in [0.25, 0.3) is 0 Å². The van der Waals surface area contributed by atoms with E-state index < -0.39 is 0 Å². The number of rotatable bonds is 10. The van der Waals surface area contributed by atoms with Crippen LogP contribution in [-0.4, -0.2) is 37.9 Å². The van der Waals surface area contributed by atoms with Crippen molar-refractivity contribution in [1.82, 2.24) is 13.7 Å². The SMILES string of the molecule is CC(C)N1c2ccccc2C(C)(C)c2ccccc21.CC(C)N1c2ccccc2C(c2ccccc2)(c2ccccc2)c2ccccc21.CC(C)N1c2ccccc2N(c2ccccc2)c2ccccc21.CC(C)N1c2ccccc2Oc2ccccc21.CC(C)n1c2ccccc2c2c3ccccc3ccc21.CC(C)n1c2ccccc2c2cc3ccccc3cc21.CC(C)n1c2ccccc2c2ccc3ccccc3c21. The van der Waals surface area contributed by atoms with E-state index in [0.717, 1.165) is 22.9 Å². The van der Waals surface area contributed by atoms with Crippen LogP contribution in [0.4, 0.5) is 62.6 Å². The summed E-state index contributed by atoms with van der Waals surface area (Å²) in [6.07, 6.45) is 0. The van der Waals surface area contributed by atoms with E-state index >= 15 is 0 Å². The summed E-state index contributed by atoms with van der Waals surface area (Å²) in [4.78, 5) is 12.0. The lowest BCUT2D eigenvalue weighted by molar-refractivity contribution is 0.469. The zero-order valence-electron chi connectivity index (χ0n) is 88.0. The Hall–Kier alpha value is -16.6. The van der Waals surface area contributed by atoms with Crippen molar-refractivity contribution < 1.29 is 4.74 Å². The van der Waals surface area contributed by atoms with Gasteiger partial charge in [0.15, 0.2) is 11.5 Å². The predicted octanol–water partition coefficient (Wildman–Crippen LogP) is 38.7. The molecule has 9 heteroatoms. The summed E-state index contributed by atoms with van der Waals surface area (Å²) in [6, 6.07) is 170. The van der Waals surface area contributed by atoms with Gasteiger partial charge in [0.05, 0.1) is 45.1 Å². The van der Waals surface area contributed by atoms with Crippen molar-refractivity contribution in [1.29, 1.82) is 0 Å². The van der Waals surface area contributed by atoms with Gasteiger partial charge in [-0.15, -0.1) is 0 Å². The highest BCUT2D eigenvalue weighted by atomic mass is 16.5. The van der Waals surface area contributed by atoms with Crippen molar-refractivity contribution in [3.8, 4) is 11.5 Å². The lowest BCUT2D eigenvalue weighted by Gasteiger charge is -2.47. The third-order valence-corrected chi connectivity index (χ3v) is 29.9. The van der Waals surface area contributed by atoms with Gasteiger partial charge in [0.1, 0.15) is 0 Å². The van der Waals surface area contributed by atoms with Crippen LogP contribution >= 0.6 is 0 Å². The summed E-state index contributed by atoms with van der Waals surface area (Å²) >= 11 is 0. The zero-order chi connectivity index (χ0) is 102. The second kappa shape index (κ2) is 41.5. The van der Waals surface area contributed by atoms with Crippen LogP contribution < -0.4 is 29.2 Å². The van der Waals surface area contributed by atoms with E-state index in [4.69, 9.17) is 4.74 Å². The summed E-state index contributed by atoms with van der Waals surface area (Å²) < 4.78 is 13.3. The van der Waals surface area contributed by atoms with Gasteiger partial charge in [-0.1, -0.05) is 360 Å². The number of benzene rings is 20. The molecular formula is C139H132N8O. The molecule has 0 N–H and O–H groups in total. The summed E-state index contributed by atoms with van der Waals surface area (Å²) in [6.45, 7) is 36.1. The average Bonchev–Trinajstić information content (AvgIpc) is 0.928. The molecule has 3 aromatic heterocycles. The van der Waals surface area contributed by atoms with E-state index in [2.05, 4.69) is 580 Å². The summed E-state index contributed by atoms with van der Waals surface area (Å²) in [5.41, 5.74) is 29.5. The molecule has 734 valence electrons. The molecular weight excluding hydrogens is 1800 g/mol. The molecule has 148 heavy (non-hydrogen) atoms. The molecule has 0 atom stereocenters. The summed E-state index contributed by atoms with van der Waals surface area (Å²) in [5, 5.41) is 16.1. The van der Waals surface area contributed by atoms with E-state index in [1.165, 1.54) is 182 Å². The Bertz CT molecular complexity index is 8450. The molecule has 9 nitrogen and oxygen atoms in total. The van der Waals surface area contributed by atoms with Gasteiger partial charge in [0.2, 0.25) is 0 Å². The molecule has 0 radical (unpaired) electrons. The van der Waals surface area contributed by atoms with Crippen LogP contribution in [0.2, 0.25) is 0 Å². The lowest BCUT2D eigenvalue weighted by atomic mass is 9.62. The predicted molar refractivity (Wildman–Crippen MR) is 635 cm³/mol. The first kappa shape index (κ1) is 97.5. The molecule has 0 spiro atoms. The minimum Gasteiger partial charge on any atom is -0.453 e. The number of hydrogen-bond donors (Lipinski definition) is 0. The molecule has 0 bridgehead atoms. The van der Waals surface area contributed by atoms with Crippen molar-refractivity contribution in [2.45, 2.75) is 164 Å². The van der Waals surface area contributed by atoms with E-state index in [-0.39, 0.29) is 10.8 Å². The molecule has 23 aromatic rings. The fourth-order valence-electron chi connectivity index (χ4n) is 23.8. The monoisotopic (exact) mass is 1930 g/mol. The highest BCUT2D eigenvalue weighted by Crippen LogP contribution is 2.58. The van der Waals surface area contributed by atoms with Crippen molar-refractivity contribution in [3.05, 3.63) is 500 Å². The normalized spacial score (nSPS) is 13.2. The smallest absolute Gasteiger partial charge is 0.151 e. The Morgan fingerprint density at radius 1 is 0.196 bits per heavy atom. The van der Waals surface area contributed by atoms with E-state index in [1.54, 1.807) is 0 Å². The first-order valence-corrected chi connectivity index (χ1v) is 52.9. The van der Waals surface area contributed by atoms with E-state index in [1.807, 2.05) is 36.4 Å². The summed E-state index contributed by atoms with van der Waals surface area (Å²) in [7, 11) is 0. The largest absolute Gasteiger partial charge is 0.453 e. The maximum Gasteiger partial charge on any atom is 0.151 e. The highest BCUT2D eigenvalue weighted by molar-refractivity contribution is 6.21. The number of nitrogens with zero attached hydrogens (tertiary/aromatic N) is 8. The van der Waals surface area contributed by atoms with Crippen molar-refractivity contribution >= 4 is 160 Å². The molecule has 4 aliphatic rings. The van der Waals surface area contributed by atoms with Crippen LogP contribution in [0.3, 0.4) is 0 Å². The van der Waals surface area contributed by atoms with Crippen molar-refractivity contribution in [2.24, 2.45) is 0 Å². The first-order valence-electron chi connectivity index (χ1n) is 52.9. The number of para-hydroxylation sites is 16. The Balaban J connectivity index is 0.000000102. The summed E-state index contributed by atoms with van der Waals surface area (Å²) in [5.74, 6) is 1.86. The third kappa shape index (κ3) is 17.7. The zero-order valence-corrected chi connectivity index (χ0v) is 88.0. The molecule has 0 saturated carbocycles. The van der Waals surface area contributed by atoms with Gasteiger partial charge in [-0.05, 0) is 279 Å². The molecule has 27 rings (SSSR count). The fraction of sp³-hybridized carbons (Fsp3) is 0.180.